The number of carbonyl (C=O) groups is 1. The Morgan fingerprint density at radius 3 is 2.43 bits per heavy atom. The van der Waals surface area contributed by atoms with E-state index in [2.05, 4.69) is 80.0 Å². The van der Waals surface area contributed by atoms with Gasteiger partial charge in [-0.3, -0.25) is 4.79 Å². The van der Waals surface area contributed by atoms with Gasteiger partial charge in [-0.25, -0.2) is 4.98 Å². The molecule has 1 unspecified atom stereocenters. The summed E-state index contributed by atoms with van der Waals surface area (Å²) in [5, 5.41) is 3.10. The van der Waals surface area contributed by atoms with E-state index in [1.54, 1.807) is 0 Å². The van der Waals surface area contributed by atoms with Crippen LogP contribution in [0.3, 0.4) is 0 Å². The minimum absolute atomic E-state index is 0.148. The number of nitrogens with one attached hydrogen (secondary N) is 1. The molecule has 0 aliphatic carbocycles. The minimum Gasteiger partial charge on any atom is -0.492 e. The SMILES string of the molecule is CCC(CC)C(=O)NCCCCCc1nc2ccccc2n1CCOc1ccc(C(C)CC)cc1. The maximum absolute atomic E-state index is 12.1. The van der Waals surface area contributed by atoms with Gasteiger partial charge in [0.1, 0.15) is 18.2 Å². The average Bonchev–Trinajstić information content (AvgIpc) is 3.24. The fourth-order valence-corrected chi connectivity index (χ4v) is 4.55. The zero-order valence-electron chi connectivity index (χ0n) is 22.1. The number of nitrogens with zero attached hydrogens (tertiary/aromatic N) is 2. The molecule has 0 saturated heterocycles. The number of amides is 1. The fourth-order valence-electron chi connectivity index (χ4n) is 4.55. The molecule has 1 N–H and O–H groups in total. The summed E-state index contributed by atoms with van der Waals surface area (Å²) in [6.45, 7) is 10.8. The number of hydrogen-bond donors (Lipinski definition) is 1. The molecule has 5 nitrogen and oxygen atoms in total. The Morgan fingerprint density at radius 1 is 0.971 bits per heavy atom. The Labute approximate surface area is 211 Å². The first-order valence-corrected chi connectivity index (χ1v) is 13.5. The van der Waals surface area contributed by atoms with E-state index >= 15 is 0 Å². The third-order valence-corrected chi connectivity index (χ3v) is 7.11. The highest BCUT2D eigenvalue weighted by molar-refractivity contribution is 5.78. The molecule has 5 heteroatoms. The third kappa shape index (κ3) is 7.58. The molecular formula is C30H43N3O2. The van der Waals surface area contributed by atoms with E-state index in [9.17, 15) is 4.79 Å². The van der Waals surface area contributed by atoms with Crippen LogP contribution in [-0.4, -0.2) is 28.6 Å². The lowest BCUT2D eigenvalue weighted by atomic mass is 9.99. The number of rotatable bonds is 15. The highest BCUT2D eigenvalue weighted by Gasteiger charge is 2.13. The molecule has 3 rings (SSSR count). The number of imidazole rings is 1. The second kappa shape index (κ2) is 13.9. The summed E-state index contributed by atoms with van der Waals surface area (Å²) in [4.78, 5) is 17.0. The van der Waals surface area contributed by atoms with E-state index in [-0.39, 0.29) is 11.8 Å². The molecule has 1 amide bonds. The number of carbonyl (C=O) groups excluding carboxylic acids is 1. The lowest BCUT2D eigenvalue weighted by Crippen LogP contribution is -2.30. The van der Waals surface area contributed by atoms with E-state index in [0.717, 1.165) is 80.6 Å². The first kappa shape index (κ1) is 26.8. The van der Waals surface area contributed by atoms with Crippen molar-refractivity contribution in [2.75, 3.05) is 13.2 Å². The first-order valence-electron chi connectivity index (χ1n) is 13.5. The molecule has 0 fully saturated rings. The van der Waals surface area contributed by atoms with Crippen molar-refractivity contribution in [2.45, 2.75) is 85.1 Å². The summed E-state index contributed by atoms with van der Waals surface area (Å²) in [6.07, 6.45) is 7.02. The highest BCUT2D eigenvalue weighted by Crippen LogP contribution is 2.22. The molecule has 190 valence electrons. The van der Waals surface area contributed by atoms with Gasteiger partial charge in [-0.2, -0.15) is 0 Å². The number of hydrogen-bond acceptors (Lipinski definition) is 3. The lowest BCUT2D eigenvalue weighted by molar-refractivity contribution is -0.125. The number of para-hydroxylation sites is 2. The Hall–Kier alpha value is -2.82. The van der Waals surface area contributed by atoms with Gasteiger partial charge in [0.15, 0.2) is 0 Å². The monoisotopic (exact) mass is 477 g/mol. The fraction of sp³-hybridized carbons (Fsp3) is 0.533. The van der Waals surface area contributed by atoms with Gasteiger partial charge in [-0.1, -0.05) is 58.4 Å². The normalized spacial score (nSPS) is 12.3. The predicted octanol–water partition coefficient (Wildman–Crippen LogP) is 6.89. The molecule has 1 aromatic heterocycles. The van der Waals surface area contributed by atoms with Gasteiger partial charge < -0.3 is 14.6 Å². The van der Waals surface area contributed by atoms with Crippen LogP contribution in [0.2, 0.25) is 0 Å². The summed E-state index contributed by atoms with van der Waals surface area (Å²) < 4.78 is 8.38. The third-order valence-electron chi connectivity index (χ3n) is 7.11. The second-order valence-corrected chi connectivity index (χ2v) is 9.51. The molecule has 2 aromatic carbocycles. The second-order valence-electron chi connectivity index (χ2n) is 9.51. The Bertz CT molecular complexity index is 1040. The molecule has 0 saturated carbocycles. The van der Waals surface area contributed by atoms with Crippen molar-refractivity contribution in [3.8, 4) is 5.75 Å². The molecular weight excluding hydrogens is 434 g/mol. The molecule has 0 aliphatic rings. The van der Waals surface area contributed by atoms with Crippen LogP contribution in [0.25, 0.3) is 11.0 Å². The summed E-state index contributed by atoms with van der Waals surface area (Å²) in [5.74, 6) is 2.95. The Balaban J connectivity index is 1.51. The van der Waals surface area contributed by atoms with Crippen LogP contribution in [0.4, 0.5) is 0 Å². The quantitative estimate of drug-likeness (QED) is 0.242. The van der Waals surface area contributed by atoms with E-state index in [1.165, 1.54) is 5.56 Å². The maximum atomic E-state index is 12.1. The van der Waals surface area contributed by atoms with Crippen molar-refractivity contribution in [2.24, 2.45) is 5.92 Å². The molecule has 1 heterocycles. The minimum atomic E-state index is 0.148. The van der Waals surface area contributed by atoms with E-state index < -0.39 is 0 Å². The molecule has 1 atom stereocenters. The topological polar surface area (TPSA) is 56.2 Å². The van der Waals surface area contributed by atoms with E-state index in [0.29, 0.717) is 12.5 Å². The summed E-state index contributed by atoms with van der Waals surface area (Å²) >= 11 is 0. The number of ether oxygens (including phenoxy) is 1. The molecule has 0 radical (unpaired) electrons. The van der Waals surface area contributed by atoms with E-state index in [4.69, 9.17) is 9.72 Å². The first-order chi connectivity index (χ1) is 17.1. The maximum Gasteiger partial charge on any atom is 0.223 e. The van der Waals surface area contributed by atoms with Crippen LogP contribution in [0.15, 0.2) is 48.5 Å². The van der Waals surface area contributed by atoms with Crippen molar-refractivity contribution in [3.63, 3.8) is 0 Å². The summed E-state index contributed by atoms with van der Waals surface area (Å²) in [6, 6.07) is 16.8. The van der Waals surface area contributed by atoms with Gasteiger partial charge in [-0.15, -0.1) is 0 Å². The number of aromatic nitrogens is 2. The number of benzene rings is 2. The van der Waals surface area contributed by atoms with Crippen LogP contribution >= 0.6 is 0 Å². The van der Waals surface area contributed by atoms with Crippen LogP contribution in [-0.2, 0) is 17.8 Å². The van der Waals surface area contributed by atoms with Gasteiger partial charge in [0.2, 0.25) is 5.91 Å². The van der Waals surface area contributed by atoms with Crippen LogP contribution in [0, 0.1) is 5.92 Å². The molecule has 0 bridgehead atoms. The summed E-state index contributed by atoms with van der Waals surface area (Å²) in [5.41, 5.74) is 3.56. The number of aryl methyl sites for hydroxylation is 1. The molecule has 35 heavy (non-hydrogen) atoms. The number of unbranched alkanes of at least 4 members (excludes halogenated alkanes) is 2. The van der Waals surface area contributed by atoms with Crippen LogP contribution in [0.5, 0.6) is 5.75 Å². The van der Waals surface area contributed by atoms with Gasteiger partial charge >= 0.3 is 0 Å². The smallest absolute Gasteiger partial charge is 0.223 e. The van der Waals surface area contributed by atoms with Crippen molar-refractivity contribution in [1.82, 2.24) is 14.9 Å². The van der Waals surface area contributed by atoms with Crippen molar-refractivity contribution < 1.29 is 9.53 Å². The Morgan fingerprint density at radius 2 is 1.71 bits per heavy atom. The largest absolute Gasteiger partial charge is 0.492 e. The van der Waals surface area contributed by atoms with Crippen LogP contribution in [0.1, 0.15) is 83.5 Å². The Kier molecular flexibility index (Phi) is 10.6. The number of fused-ring (bicyclic) bond motifs is 1. The average molecular weight is 478 g/mol. The van der Waals surface area contributed by atoms with Gasteiger partial charge in [-0.05, 0) is 67.9 Å². The van der Waals surface area contributed by atoms with Crippen LogP contribution < -0.4 is 10.1 Å². The predicted molar refractivity (Wildman–Crippen MR) is 145 cm³/mol. The highest BCUT2D eigenvalue weighted by atomic mass is 16.5. The lowest BCUT2D eigenvalue weighted by Gasteiger charge is -2.13. The standard InChI is InChI=1S/C30H43N3O2/c1-5-23(4)25-16-18-26(19-17-25)35-22-21-33-28-14-11-10-13-27(28)32-29(33)15-9-8-12-20-31-30(34)24(6-2)7-3/h10-11,13-14,16-19,23-24H,5-9,12,15,20-22H2,1-4H3,(H,31,34). The summed E-state index contributed by atoms with van der Waals surface area (Å²) in [7, 11) is 0. The van der Waals surface area contributed by atoms with Gasteiger partial charge in [0.05, 0.1) is 17.6 Å². The van der Waals surface area contributed by atoms with Crippen molar-refractivity contribution in [3.05, 3.63) is 59.9 Å². The van der Waals surface area contributed by atoms with Gasteiger partial charge in [0.25, 0.3) is 0 Å². The zero-order valence-corrected chi connectivity index (χ0v) is 22.1. The van der Waals surface area contributed by atoms with Gasteiger partial charge in [0, 0.05) is 18.9 Å². The molecule has 3 aromatic rings. The molecule has 0 spiro atoms. The molecule has 0 aliphatic heterocycles. The zero-order chi connectivity index (χ0) is 25.0. The van der Waals surface area contributed by atoms with Crippen molar-refractivity contribution in [1.29, 1.82) is 0 Å². The van der Waals surface area contributed by atoms with E-state index in [1.807, 2.05) is 6.07 Å². The van der Waals surface area contributed by atoms with Crippen molar-refractivity contribution >= 4 is 16.9 Å².